The molecule has 0 saturated carbocycles. The van der Waals surface area contributed by atoms with Crippen molar-refractivity contribution in [3.63, 3.8) is 0 Å². The molecule has 6 rings (SSSR count). The first-order valence-corrected chi connectivity index (χ1v) is 16.3. The monoisotopic (exact) mass is 590 g/mol. The van der Waals surface area contributed by atoms with Crippen molar-refractivity contribution in [3.05, 3.63) is 121 Å². The number of amidine groups is 1. The third-order valence-electron chi connectivity index (χ3n) is 7.95. The van der Waals surface area contributed by atoms with Gasteiger partial charge in [0.2, 0.25) is 0 Å². The van der Waals surface area contributed by atoms with Crippen LogP contribution >= 0.6 is 0 Å². The van der Waals surface area contributed by atoms with Gasteiger partial charge in [-0.05, 0) is 85.0 Å². The SMILES string of the molecule is CS(=O)(=O)c1ccc(-c2ccc(-c3cccc(Oc4ccccc4)c3)n2CC2CCN(C(=N)c3ccccn3)CC2)cc1. The minimum Gasteiger partial charge on any atom is -0.457 e. The predicted molar refractivity (Wildman–Crippen MR) is 170 cm³/mol. The first kappa shape index (κ1) is 28.4. The number of benzene rings is 3. The molecule has 43 heavy (non-hydrogen) atoms. The standard InChI is InChI=1S/C35H34N4O3S/c1-43(40,41)31-15-13-27(14-16-31)33-17-18-34(28-8-7-11-30(24-28)42-29-9-3-2-4-10-29)39(33)25-26-19-22-38(23-20-26)35(36)32-12-5-6-21-37-32/h2-18,21,24,26,36H,19-20,22-23,25H2,1H3. The van der Waals surface area contributed by atoms with Gasteiger partial charge < -0.3 is 14.2 Å². The fourth-order valence-electron chi connectivity index (χ4n) is 5.65. The average molecular weight is 591 g/mol. The van der Waals surface area contributed by atoms with Crippen LogP contribution in [0.1, 0.15) is 18.5 Å². The zero-order valence-electron chi connectivity index (χ0n) is 24.1. The van der Waals surface area contributed by atoms with Crippen LogP contribution in [0.3, 0.4) is 0 Å². The molecule has 0 atom stereocenters. The number of sulfone groups is 1. The van der Waals surface area contributed by atoms with Gasteiger partial charge in [0.1, 0.15) is 23.0 Å². The Hall–Kier alpha value is -4.69. The van der Waals surface area contributed by atoms with Crippen molar-refractivity contribution in [1.29, 1.82) is 5.41 Å². The largest absolute Gasteiger partial charge is 0.457 e. The Kier molecular flexibility index (Phi) is 8.11. The summed E-state index contributed by atoms with van der Waals surface area (Å²) in [6.07, 6.45) is 4.87. The molecule has 5 aromatic rings. The molecular weight excluding hydrogens is 556 g/mol. The van der Waals surface area contributed by atoms with Crippen LogP contribution in [0, 0.1) is 11.3 Å². The van der Waals surface area contributed by atoms with Crippen molar-refractivity contribution in [1.82, 2.24) is 14.5 Å². The summed E-state index contributed by atoms with van der Waals surface area (Å²) in [5, 5.41) is 8.64. The van der Waals surface area contributed by atoms with Gasteiger partial charge in [0.05, 0.1) is 4.90 Å². The second kappa shape index (κ2) is 12.3. The first-order valence-electron chi connectivity index (χ1n) is 14.4. The smallest absolute Gasteiger partial charge is 0.175 e. The Morgan fingerprint density at radius 1 is 0.814 bits per heavy atom. The zero-order valence-corrected chi connectivity index (χ0v) is 24.9. The Balaban J connectivity index is 1.29. The predicted octanol–water partition coefficient (Wildman–Crippen LogP) is 7.15. The molecule has 1 aliphatic rings. The maximum atomic E-state index is 12.1. The summed E-state index contributed by atoms with van der Waals surface area (Å²) in [6, 6.07) is 34.9. The van der Waals surface area contributed by atoms with Crippen molar-refractivity contribution < 1.29 is 13.2 Å². The molecule has 3 aromatic carbocycles. The number of hydrogen-bond acceptors (Lipinski definition) is 5. The number of pyridine rings is 1. The number of nitrogens with zero attached hydrogens (tertiary/aromatic N) is 3. The van der Waals surface area contributed by atoms with Crippen molar-refractivity contribution in [2.75, 3.05) is 19.3 Å². The van der Waals surface area contributed by atoms with E-state index in [2.05, 4.69) is 38.7 Å². The van der Waals surface area contributed by atoms with Gasteiger partial charge in [0.25, 0.3) is 0 Å². The average Bonchev–Trinajstić information content (AvgIpc) is 3.45. The molecule has 8 heteroatoms. The molecule has 0 amide bonds. The Morgan fingerprint density at radius 2 is 1.49 bits per heavy atom. The van der Waals surface area contributed by atoms with Gasteiger partial charge in [0, 0.05) is 49.0 Å². The fourth-order valence-corrected chi connectivity index (χ4v) is 6.28. The number of hydrogen-bond donors (Lipinski definition) is 1. The molecular formula is C35H34N4O3S. The van der Waals surface area contributed by atoms with E-state index in [4.69, 9.17) is 10.1 Å². The number of likely N-dealkylation sites (tertiary alicyclic amines) is 1. The summed E-state index contributed by atoms with van der Waals surface area (Å²) in [6.45, 7) is 2.41. The van der Waals surface area contributed by atoms with Crippen LogP contribution in [-0.2, 0) is 16.4 Å². The zero-order chi connectivity index (χ0) is 29.8. The van der Waals surface area contributed by atoms with Gasteiger partial charge in [-0.3, -0.25) is 10.4 Å². The number of rotatable bonds is 8. The van der Waals surface area contributed by atoms with E-state index in [1.54, 1.807) is 18.3 Å². The fraction of sp³-hybridized carbons (Fsp3) is 0.200. The maximum Gasteiger partial charge on any atom is 0.175 e. The Bertz CT molecular complexity index is 1810. The van der Waals surface area contributed by atoms with E-state index in [0.717, 1.165) is 66.5 Å². The van der Waals surface area contributed by atoms with Crippen LogP contribution < -0.4 is 4.74 Å². The normalized spacial score (nSPS) is 14.0. The van der Waals surface area contributed by atoms with Gasteiger partial charge in [-0.1, -0.05) is 48.5 Å². The number of ether oxygens (including phenoxy) is 1. The maximum absolute atomic E-state index is 12.1. The minimum atomic E-state index is -3.28. The van der Waals surface area contributed by atoms with Crippen LogP contribution in [0.4, 0.5) is 0 Å². The second-order valence-electron chi connectivity index (χ2n) is 10.9. The highest BCUT2D eigenvalue weighted by molar-refractivity contribution is 7.90. The van der Waals surface area contributed by atoms with E-state index in [1.807, 2.05) is 72.8 Å². The van der Waals surface area contributed by atoms with E-state index < -0.39 is 9.84 Å². The molecule has 0 bridgehead atoms. The number of para-hydroxylation sites is 1. The summed E-state index contributed by atoms with van der Waals surface area (Å²) in [5.41, 5.74) is 4.81. The highest BCUT2D eigenvalue weighted by atomic mass is 32.2. The summed E-state index contributed by atoms with van der Waals surface area (Å²) < 4.78 is 32.7. The molecule has 2 aromatic heterocycles. The lowest BCUT2D eigenvalue weighted by Gasteiger charge is -2.34. The molecule has 218 valence electrons. The molecule has 0 spiro atoms. The number of aromatic nitrogens is 2. The van der Waals surface area contributed by atoms with Gasteiger partial charge in [0.15, 0.2) is 9.84 Å². The summed E-state index contributed by atoms with van der Waals surface area (Å²) in [7, 11) is -3.28. The molecule has 0 unspecified atom stereocenters. The van der Waals surface area contributed by atoms with Crippen molar-refractivity contribution >= 4 is 15.7 Å². The van der Waals surface area contributed by atoms with Crippen LogP contribution in [0.15, 0.2) is 120 Å². The third-order valence-corrected chi connectivity index (χ3v) is 9.08. The van der Waals surface area contributed by atoms with Crippen LogP contribution in [-0.4, -0.2) is 48.0 Å². The summed E-state index contributed by atoms with van der Waals surface area (Å²) in [5.74, 6) is 2.43. The Morgan fingerprint density at radius 3 is 2.16 bits per heavy atom. The molecule has 7 nitrogen and oxygen atoms in total. The van der Waals surface area contributed by atoms with Gasteiger partial charge in [-0.25, -0.2) is 8.42 Å². The lowest BCUT2D eigenvalue weighted by molar-refractivity contribution is 0.246. The Labute approximate surface area is 252 Å². The van der Waals surface area contributed by atoms with Gasteiger partial charge in [-0.15, -0.1) is 0 Å². The number of nitrogens with one attached hydrogen (secondary N) is 1. The van der Waals surface area contributed by atoms with Crippen LogP contribution in [0.25, 0.3) is 22.5 Å². The van der Waals surface area contributed by atoms with Crippen molar-refractivity contribution in [2.24, 2.45) is 5.92 Å². The molecule has 0 aliphatic carbocycles. The lowest BCUT2D eigenvalue weighted by Crippen LogP contribution is -2.39. The van der Waals surface area contributed by atoms with Crippen LogP contribution in [0.2, 0.25) is 0 Å². The van der Waals surface area contributed by atoms with Crippen molar-refractivity contribution in [3.8, 4) is 34.0 Å². The van der Waals surface area contributed by atoms with E-state index >= 15 is 0 Å². The summed E-state index contributed by atoms with van der Waals surface area (Å²) >= 11 is 0. The van der Waals surface area contributed by atoms with E-state index in [9.17, 15) is 8.42 Å². The number of piperidine rings is 1. The molecule has 1 fully saturated rings. The molecule has 1 saturated heterocycles. The lowest BCUT2D eigenvalue weighted by atomic mass is 9.95. The van der Waals surface area contributed by atoms with Crippen LogP contribution in [0.5, 0.6) is 11.5 Å². The first-order chi connectivity index (χ1) is 20.8. The topological polar surface area (TPSA) is 88.3 Å². The third kappa shape index (κ3) is 6.54. The highest BCUT2D eigenvalue weighted by Crippen LogP contribution is 2.34. The second-order valence-corrected chi connectivity index (χ2v) is 13.0. The quantitative estimate of drug-likeness (QED) is 0.153. The van der Waals surface area contributed by atoms with E-state index in [1.165, 1.54) is 6.26 Å². The van der Waals surface area contributed by atoms with E-state index in [-0.39, 0.29) is 0 Å². The molecule has 3 heterocycles. The van der Waals surface area contributed by atoms with Gasteiger partial charge in [-0.2, -0.15) is 0 Å². The van der Waals surface area contributed by atoms with E-state index in [0.29, 0.717) is 22.3 Å². The van der Waals surface area contributed by atoms with Gasteiger partial charge >= 0.3 is 0 Å². The molecule has 1 aliphatic heterocycles. The minimum absolute atomic E-state index is 0.308. The molecule has 1 N–H and O–H groups in total. The molecule has 0 radical (unpaired) electrons. The summed E-state index contributed by atoms with van der Waals surface area (Å²) in [4.78, 5) is 6.78. The highest BCUT2D eigenvalue weighted by Gasteiger charge is 2.24. The van der Waals surface area contributed by atoms with Crippen molar-refractivity contribution in [2.45, 2.75) is 24.3 Å².